The molecule has 0 aromatic carbocycles. The molecule has 0 aromatic rings. The van der Waals surface area contributed by atoms with Gasteiger partial charge in [-0.05, 0) is 17.6 Å². The second-order valence-corrected chi connectivity index (χ2v) is 5.61. The molecule has 0 aliphatic rings. The fourth-order valence-electron chi connectivity index (χ4n) is 1.32. The van der Waals surface area contributed by atoms with E-state index in [-0.39, 0.29) is 22.3 Å². The predicted molar refractivity (Wildman–Crippen MR) is 64.8 cm³/mol. The van der Waals surface area contributed by atoms with Crippen molar-refractivity contribution in [3.63, 3.8) is 0 Å². The van der Waals surface area contributed by atoms with Crippen LogP contribution in [-0.2, 0) is 17.1 Å². The fourth-order valence-corrected chi connectivity index (χ4v) is 1.90. The first-order valence-corrected chi connectivity index (χ1v) is 6.37. The van der Waals surface area contributed by atoms with Crippen LogP contribution < -0.4 is 0 Å². The van der Waals surface area contributed by atoms with Gasteiger partial charge in [-0.15, -0.1) is 0 Å². The van der Waals surface area contributed by atoms with E-state index in [0.29, 0.717) is 11.8 Å². The van der Waals surface area contributed by atoms with Crippen LogP contribution >= 0.6 is 11.8 Å². The minimum Gasteiger partial charge on any atom is -0.333 e. The van der Waals surface area contributed by atoms with E-state index in [2.05, 4.69) is 27.7 Å². The maximum Gasteiger partial charge on any atom is 0.281 e. The SMILES string of the molecule is CCSC(=O)N(CC(C)C)CC(C)C.[Fe]. The van der Waals surface area contributed by atoms with Crippen LogP contribution in [0.4, 0.5) is 4.79 Å². The third-order valence-electron chi connectivity index (χ3n) is 1.70. The van der Waals surface area contributed by atoms with Crippen LogP contribution in [0.5, 0.6) is 0 Å². The molecule has 2 nitrogen and oxygen atoms in total. The van der Waals surface area contributed by atoms with Gasteiger partial charge in [-0.25, -0.2) is 0 Å². The molecule has 0 unspecified atom stereocenters. The average molecular weight is 273 g/mol. The first kappa shape index (κ1) is 17.7. The normalized spacial score (nSPS) is 10.3. The number of rotatable bonds is 5. The summed E-state index contributed by atoms with van der Waals surface area (Å²) < 4.78 is 0. The molecule has 15 heavy (non-hydrogen) atoms. The van der Waals surface area contributed by atoms with E-state index in [4.69, 9.17) is 0 Å². The molecule has 0 N–H and O–H groups in total. The van der Waals surface area contributed by atoms with Gasteiger partial charge in [-0.1, -0.05) is 46.4 Å². The molecular formula is C11H23FeNOS. The van der Waals surface area contributed by atoms with Crippen molar-refractivity contribution < 1.29 is 21.9 Å². The maximum absolute atomic E-state index is 11.7. The molecule has 0 heterocycles. The molecule has 0 atom stereocenters. The van der Waals surface area contributed by atoms with Gasteiger partial charge < -0.3 is 4.90 Å². The number of thioether (sulfide) groups is 1. The molecule has 0 saturated heterocycles. The zero-order valence-corrected chi connectivity index (χ0v) is 12.3. The quantitative estimate of drug-likeness (QED) is 0.715. The largest absolute Gasteiger partial charge is 0.333 e. The summed E-state index contributed by atoms with van der Waals surface area (Å²) in [6.07, 6.45) is 0. The van der Waals surface area contributed by atoms with E-state index < -0.39 is 0 Å². The topological polar surface area (TPSA) is 20.3 Å². The van der Waals surface area contributed by atoms with Crippen molar-refractivity contribution in [2.75, 3.05) is 18.8 Å². The second-order valence-electron chi connectivity index (χ2n) is 4.39. The Morgan fingerprint density at radius 3 is 1.80 bits per heavy atom. The molecule has 1 amide bonds. The minimum atomic E-state index is 0. The first-order chi connectivity index (χ1) is 6.47. The monoisotopic (exact) mass is 273 g/mol. The summed E-state index contributed by atoms with van der Waals surface area (Å²) in [6.45, 7) is 12.4. The maximum atomic E-state index is 11.7. The Hall–Kier alpha value is 0.339. The molecule has 0 aliphatic heterocycles. The zero-order valence-electron chi connectivity index (χ0n) is 10.4. The third kappa shape index (κ3) is 9.28. The van der Waals surface area contributed by atoms with Crippen molar-refractivity contribution in [3.05, 3.63) is 0 Å². The number of carbonyl (C=O) groups excluding carboxylic acids is 1. The van der Waals surface area contributed by atoms with Crippen LogP contribution in [0.25, 0.3) is 0 Å². The van der Waals surface area contributed by atoms with Crippen molar-refractivity contribution in [3.8, 4) is 0 Å². The Balaban J connectivity index is 0. The van der Waals surface area contributed by atoms with Gasteiger partial charge in [0.05, 0.1) is 0 Å². The standard InChI is InChI=1S/C11H23NOS.Fe/c1-6-14-11(13)12(7-9(2)3)8-10(4)5;/h9-10H,6-8H2,1-5H3;. The Morgan fingerprint density at radius 2 is 1.53 bits per heavy atom. The number of hydrogen-bond donors (Lipinski definition) is 0. The van der Waals surface area contributed by atoms with E-state index in [1.165, 1.54) is 11.8 Å². The van der Waals surface area contributed by atoms with Crippen molar-refractivity contribution in [2.24, 2.45) is 11.8 Å². The van der Waals surface area contributed by atoms with Crippen molar-refractivity contribution in [2.45, 2.75) is 34.6 Å². The number of nitrogens with zero attached hydrogens (tertiary/aromatic N) is 1. The van der Waals surface area contributed by atoms with Crippen LogP contribution in [-0.4, -0.2) is 29.0 Å². The van der Waals surface area contributed by atoms with Gasteiger partial charge in [0.2, 0.25) is 0 Å². The van der Waals surface area contributed by atoms with Gasteiger partial charge in [0.1, 0.15) is 0 Å². The second kappa shape index (κ2) is 9.56. The molecule has 0 aliphatic carbocycles. The van der Waals surface area contributed by atoms with Gasteiger partial charge >= 0.3 is 0 Å². The molecule has 0 spiro atoms. The number of hydrogen-bond acceptors (Lipinski definition) is 2. The molecule has 0 aromatic heterocycles. The summed E-state index contributed by atoms with van der Waals surface area (Å²) in [4.78, 5) is 13.7. The summed E-state index contributed by atoms with van der Waals surface area (Å²) in [5.41, 5.74) is 0. The van der Waals surface area contributed by atoms with Gasteiger partial charge in [-0.3, -0.25) is 4.79 Å². The van der Waals surface area contributed by atoms with Crippen molar-refractivity contribution in [1.82, 2.24) is 4.90 Å². The Bertz CT molecular complexity index is 164. The van der Waals surface area contributed by atoms with Crippen LogP contribution in [0.15, 0.2) is 0 Å². The van der Waals surface area contributed by atoms with Crippen molar-refractivity contribution in [1.29, 1.82) is 0 Å². The molecule has 0 saturated carbocycles. The Kier molecular flexibility index (Phi) is 11.3. The van der Waals surface area contributed by atoms with E-state index in [1.807, 2.05) is 11.8 Å². The third-order valence-corrected chi connectivity index (χ3v) is 2.49. The molecule has 4 heteroatoms. The molecule has 0 fully saturated rings. The number of amides is 1. The van der Waals surface area contributed by atoms with E-state index >= 15 is 0 Å². The van der Waals surface area contributed by atoms with Crippen LogP contribution in [0.2, 0.25) is 0 Å². The fraction of sp³-hybridized carbons (Fsp3) is 0.909. The summed E-state index contributed by atoms with van der Waals surface area (Å²) in [5.74, 6) is 1.97. The summed E-state index contributed by atoms with van der Waals surface area (Å²) in [7, 11) is 0. The first-order valence-electron chi connectivity index (χ1n) is 5.39. The van der Waals surface area contributed by atoms with Crippen LogP contribution in [0, 0.1) is 11.8 Å². The van der Waals surface area contributed by atoms with Gasteiger partial charge in [0, 0.05) is 30.2 Å². The Labute approximate surface area is 109 Å². The van der Waals surface area contributed by atoms with Crippen LogP contribution in [0.1, 0.15) is 34.6 Å². The van der Waals surface area contributed by atoms with Gasteiger partial charge in [-0.2, -0.15) is 0 Å². The Morgan fingerprint density at radius 1 is 1.13 bits per heavy atom. The molecule has 0 bridgehead atoms. The summed E-state index contributed by atoms with van der Waals surface area (Å²) in [6, 6.07) is 0. The molecule has 0 radical (unpaired) electrons. The zero-order chi connectivity index (χ0) is 11.1. The molecule has 92 valence electrons. The van der Waals surface area contributed by atoms with E-state index in [9.17, 15) is 4.79 Å². The number of carbonyl (C=O) groups is 1. The predicted octanol–water partition coefficient (Wildman–Crippen LogP) is 3.47. The smallest absolute Gasteiger partial charge is 0.281 e. The van der Waals surface area contributed by atoms with Gasteiger partial charge in [0.25, 0.3) is 5.24 Å². The molecule has 0 rings (SSSR count). The molecular weight excluding hydrogens is 250 g/mol. The minimum absolute atomic E-state index is 0. The van der Waals surface area contributed by atoms with Crippen molar-refractivity contribution >= 4 is 17.0 Å². The van der Waals surface area contributed by atoms with Gasteiger partial charge in [0.15, 0.2) is 0 Å². The van der Waals surface area contributed by atoms with E-state index in [0.717, 1.165) is 18.8 Å². The average Bonchev–Trinajstić information content (AvgIpc) is 2.01. The van der Waals surface area contributed by atoms with Crippen LogP contribution in [0.3, 0.4) is 0 Å². The summed E-state index contributed by atoms with van der Waals surface area (Å²) in [5, 5.41) is 0.231. The van der Waals surface area contributed by atoms with E-state index in [1.54, 1.807) is 0 Å². The summed E-state index contributed by atoms with van der Waals surface area (Å²) >= 11 is 1.41.